The van der Waals surface area contributed by atoms with E-state index in [0.717, 1.165) is 22.6 Å². The van der Waals surface area contributed by atoms with E-state index >= 15 is 0 Å². The second-order valence-corrected chi connectivity index (χ2v) is 6.95. The van der Waals surface area contributed by atoms with Gasteiger partial charge >= 0.3 is 0 Å². The van der Waals surface area contributed by atoms with Crippen molar-refractivity contribution in [2.75, 3.05) is 5.32 Å². The highest BCUT2D eigenvalue weighted by molar-refractivity contribution is 6.15. The minimum Gasteiger partial charge on any atom is -0.365 e. The summed E-state index contributed by atoms with van der Waals surface area (Å²) in [5, 5.41) is 3.86. The Balaban J connectivity index is 1.87. The summed E-state index contributed by atoms with van der Waals surface area (Å²) in [4.78, 5) is 5.18. The minimum absolute atomic E-state index is 0.571. The molecule has 1 heterocycles. The molecule has 1 N–H and O–H groups in total. The van der Waals surface area contributed by atoms with Gasteiger partial charge in [0.2, 0.25) is 0 Å². The van der Waals surface area contributed by atoms with Gasteiger partial charge in [-0.1, -0.05) is 103 Å². The molecule has 0 aliphatic carbocycles. The third-order valence-electron chi connectivity index (χ3n) is 5.27. The lowest BCUT2D eigenvalue weighted by molar-refractivity contribution is 0.783. The molecule has 1 aliphatic heterocycles. The summed E-state index contributed by atoms with van der Waals surface area (Å²) in [5.74, 6) is 0. The highest BCUT2D eigenvalue weighted by Gasteiger charge is 2.43. The predicted molar refractivity (Wildman–Crippen MR) is 116 cm³/mol. The Kier molecular flexibility index (Phi) is 4.02. The Morgan fingerprint density at radius 3 is 1.64 bits per heavy atom. The molecule has 1 aliphatic rings. The van der Waals surface area contributed by atoms with Gasteiger partial charge in [0.05, 0.1) is 17.1 Å². The Hall–Kier alpha value is -3.65. The van der Waals surface area contributed by atoms with Crippen LogP contribution < -0.4 is 5.32 Å². The van der Waals surface area contributed by atoms with Gasteiger partial charge in [-0.15, -0.1) is 0 Å². The molecule has 134 valence electrons. The van der Waals surface area contributed by atoms with Crippen LogP contribution in [0.2, 0.25) is 0 Å². The second kappa shape index (κ2) is 6.82. The Morgan fingerprint density at radius 2 is 1.04 bits per heavy atom. The summed E-state index contributed by atoms with van der Waals surface area (Å²) in [6.45, 7) is 0. The number of hydrogen-bond acceptors (Lipinski definition) is 2. The maximum atomic E-state index is 5.18. The molecule has 4 aromatic rings. The van der Waals surface area contributed by atoms with Crippen molar-refractivity contribution >= 4 is 17.1 Å². The number of anilines is 1. The highest BCUT2D eigenvalue weighted by Crippen LogP contribution is 2.44. The number of rotatable bonds is 3. The van der Waals surface area contributed by atoms with Crippen LogP contribution in [-0.2, 0) is 5.54 Å². The lowest BCUT2D eigenvalue weighted by atomic mass is 9.75. The molecule has 0 atom stereocenters. The molecule has 0 saturated carbocycles. The molecular weight excluding hydrogens is 340 g/mol. The summed E-state index contributed by atoms with van der Waals surface area (Å²) in [5.41, 5.74) is 5.87. The van der Waals surface area contributed by atoms with Crippen molar-refractivity contribution in [3.63, 3.8) is 0 Å². The maximum Gasteiger partial charge on any atom is 0.132 e. The zero-order valence-electron chi connectivity index (χ0n) is 15.4. The van der Waals surface area contributed by atoms with Crippen LogP contribution in [0, 0.1) is 0 Å². The first-order valence-electron chi connectivity index (χ1n) is 9.51. The van der Waals surface area contributed by atoms with Crippen molar-refractivity contribution in [3.05, 3.63) is 132 Å². The van der Waals surface area contributed by atoms with Gasteiger partial charge in [-0.2, -0.15) is 0 Å². The second-order valence-electron chi connectivity index (χ2n) is 6.95. The van der Waals surface area contributed by atoms with Crippen LogP contribution in [0.4, 0.5) is 11.4 Å². The van der Waals surface area contributed by atoms with E-state index in [1.165, 1.54) is 11.1 Å². The fourth-order valence-electron chi connectivity index (χ4n) is 3.98. The van der Waals surface area contributed by atoms with Gasteiger partial charge < -0.3 is 5.32 Å². The number of fused-ring (bicyclic) bond motifs is 1. The summed E-state index contributed by atoms with van der Waals surface area (Å²) < 4.78 is 0. The van der Waals surface area contributed by atoms with E-state index in [2.05, 4.69) is 108 Å². The molecule has 5 rings (SSSR count). The van der Waals surface area contributed by atoms with Crippen molar-refractivity contribution < 1.29 is 0 Å². The molecule has 0 amide bonds. The zero-order valence-corrected chi connectivity index (χ0v) is 15.4. The number of hydrogen-bond donors (Lipinski definition) is 1. The molecule has 0 saturated heterocycles. The average Bonchev–Trinajstić information content (AvgIpc) is 2.80. The van der Waals surface area contributed by atoms with Gasteiger partial charge in [-0.25, -0.2) is 4.99 Å². The molecule has 0 unspecified atom stereocenters. The standard InChI is InChI=1S/C26H20N2/c1-4-12-20(13-5-1)25-26(21-14-6-2-7-15-21,22-16-8-3-9-17-22)28-24-19-11-10-18-23(24)27-25/h1-19,28H. The summed E-state index contributed by atoms with van der Waals surface area (Å²) in [7, 11) is 0. The van der Waals surface area contributed by atoms with Crippen LogP contribution in [-0.4, -0.2) is 5.71 Å². The Morgan fingerprint density at radius 1 is 0.536 bits per heavy atom. The first kappa shape index (κ1) is 16.5. The summed E-state index contributed by atoms with van der Waals surface area (Å²) in [6, 6.07) is 39.8. The third kappa shape index (κ3) is 2.62. The first-order chi connectivity index (χ1) is 13.9. The van der Waals surface area contributed by atoms with E-state index < -0.39 is 5.54 Å². The smallest absolute Gasteiger partial charge is 0.132 e. The highest BCUT2D eigenvalue weighted by atomic mass is 15.1. The molecule has 4 aromatic carbocycles. The summed E-state index contributed by atoms with van der Waals surface area (Å²) in [6.07, 6.45) is 0. The van der Waals surface area contributed by atoms with Crippen molar-refractivity contribution in [3.8, 4) is 0 Å². The van der Waals surface area contributed by atoms with Gasteiger partial charge in [0.15, 0.2) is 0 Å². The van der Waals surface area contributed by atoms with E-state index in [9.17, 15) is 0 Å². The number of nitrogens with zero attached hydrogens (tertiary/aromatic N) is 1. The zero-order chi connectivity index (χ0) is 18.8. The normalized spacial score (nSPS) is 14.5. The molecule has 0 fully saturated rings. The fourth-order valence-corrected chi connectivity index (χ4v) is 3.98. The van der Waals surface area contributed by atoms with E-state index in [-0.39, 0.29) is 0 Å². The van der Waals surface area contributed by atoms with Gasteiger partial charge in [-0.05, 0) is 28.8 Å². The minimum atomic E-state index is -0.571. The van der Waals surface area contributed by atoms with Crippen LogP contribution >= 0.6 is 0 Å². The number of benzene rings is 4. The maximum absolute atomic E-state index is 5.18. The monoisotopic (exact) mass is 360 g/mol. The van der Waals surface area contributed by atoms with Gasteiger partial charge in [0, 0.05) is 0 Å². The van der Waals surface area contributed by atoms with Gasteiger partial charge in [0.25, 0.3) is 0 Å². The molecule has 2 heteroatoms. The average molecular weight is 360 g/mol. The van der Waals surface area contributed by atoms with E-state index in [1.54, 1.807) is 0 Å². The van der Waals surface area contributed by atoms with Gasteiger partial charge in [-0.3, -0.25) is 0 Å². The lowest BCUT2D eigenvalue weighted by Gasteiger charge is -2.41. The van der Waals surface area contributed by atoms with E-state index in [1.807, 2.05) is 12.1 Å². The topological polar surface area (TPSA) is 24.4 Å². The lowest BCUT2D eigenvalue weighted by Crippen LogP contribution is -2.46. The molecule has 0 radical (unpaired) electrons. The summed E-state index contributed by atoms with van der Waals surface area (Å²) >= 11 is 0. The molecule has 0 spiro atoms. The molecule has 2 nitrogen and oxygen atoms in total. The van der Waals surface area contributed by atoms with Crippen LogP contribution in [0.1, 0.15) is 16.7 Å². The van der Waals surface area contributed by atoms with Crippen molar-refractivity contribution in [1.29, 1.82) is 0 Å². The van der Waals surface area contributed by atoms with Crippen molar-refractivity contribution in [1.82, 2.24) is 0 Å². The number of nitrogens with one attached hydrogen (secondary N) is 1. The first-order valence-corrected chi connectivity index (χ1v) is 9.51. The fraction of sp³-hybridized carbons (Fsp3) is 0.0385. The predicted octanol–water partition coefficient (Wildman–Crippen LogP) is 6.18. The van der Waals surface area contributed by atoms with E-state index in [4.69, 9.17) is 4.99 Å². The molecular formula is C26H20N2. The largest absolute Gasteiger partial charge is 0.365 e. The van der Waals surface area contributed by atoms with Crippen LogP contribution in [0.15, 0.2) is 120 Å². The molecule has 0 aromatic heterocycles. The third-order valence-corrected chi connectivity index (χ3v) is 5.27. The SMILES string of the molecule is c1ccc(C2=Nc3ccccc3NC2(c2ccccc2)c2ccccc2)cc1. The molecule has 0 bridgehead atoms. The van der Waals surface area contributed by atoms with E-state index in [0.29, 0.717) is 0 Å². The Labute approximate surface area is 165 Å². The quantitative estimate of drug-likeness (QED) is 0.464. The van der Waals surface area contributed by atoms with Gasteiger partial charge in [0.1, 0.15) is 5.54 Å². The number of para-hydroxylation sites is 2. The molecule has 28 heavy (non-hydrogen) atoms. The van der Waals surface area contributed by atoms with Crippen molar-refractivity contribution in [2.24, 2.45) is 4.99 Å². The number of aliphatic imine (C=N–C) groups is 1. The van der Waals surface area contributed by atoms with Crippen LogP contribution in [0.25, 0.3) is 0 Å². The van der Waals surface area contributed by atoms with Crippen LogP contribution in [0.3, 0.4) is 0 Å². The Bertz CT molecular complexity index is 1080. The van der Waals surface area contributed by atoms with Crippen LogP contribution in [0.5, 0.6) is 0 Å². The van der Waals surface area contributed by atoms with Crippen molar-refractivity contribution in [2.45, 2.75) is 5.54 Å².